The molecule has 0 radical (unpaired) electrons. The highest BCUT2D eigenvalue weighted by Crippen LogP contribution is 2.40. The van der Waals surface area contributed by atoms with E-state index in [-0.39, 0.29) is 12.1 Å². The molecule has 4 rings (SSSR count). The van der Waals surface area contributed by atoms with Gasteiger partial charge in [0.15, 0.2) is 0 Å². The summed E-state index contributed by atoms with van der Waals surface area (Å²) in [7, 11) is 0. The Bertz CT molecular complexity index is 933. The Hall–Kier alpha value is -2.79. The van der Waals surface area contributed by atoms with Gasteiger partial charge in [-0.1, -0.05) is 35.4 Å². The molecular formula is C19H17ClN4O. The van der Waals surface area contributed by atoms with E-state index in [0.29, 0.717) is 11.6 Å². The van der Waals surface area contributed by atoms with Gasteiger partial charge in [0.05, 0.1) is 24.3 Å². The number of rotatable bonds is 3. The summed E-state index contributed by atoms with van der Waals surface area (Å²) in [5, 5.41) is 6.47. The van der Waals surface area contributed by atoms with Crippen LogP contribution < -0.4 is 10.6 Å². The molecule has 1 aromatic heterocycles. The molecule has 2 heterocycles. The van der Waals surface area contributed by atoms with Crippen molar-refractivity contribution in [3.8, 4) is 11.3 Å². The predicted octanol–water partition coefficient (Wildman–Crippen LogP) is 4.24. The smallest absolute Gasteiger partial charge is 0.319 e. The van der Waals surface area contributed by atoms with Crippen LogP contribution in [0.3, 0.4) is 0 Å². The average Bonchev–Trinajstić information content (AvgIpc) is 3.16. The fourth-order valence-electron chi connectivity index (χ4n) is 3.16. The van der Waals surface area contributed by atoms with E-state index in [9.17, 15) is 4.79 Å². The molecule has 2 amide bonds. The largest absolute Gasteiger partial charge is 0.335 e. The van der Waals surface area contributed by atoms with E-state index >= 15 is 0 Å². The third-order valence-electron chi connectivity index (χ3n) is 4.42. The molecule has 1 aliphatic rings. The first-order valence-corrected chi connectivity index (χ1v) is 8.43. The van der Waals surface area contributed by atoms with Crippen LogP contribution in [0.5, 0.6) is 0 Å². The van der Waals surface area contributed by atoms with Crippen LogP contribution in [0.25, 0.3) is 11.3 Å². The molecule has 0 saturated carbocycles. The molecule has 2 aromatic carbocycles. The monoisotopic (exact) mass is 352 g/mol. The second-order valence-corrected chi connectivity index (χ2v) is 6.57. The minimum atomic E-state index is -0.235. The predicted molar refractivity (Wildman–Crippen MR) is 99.0 cm³/mol. The van der Waals surface area contributed by atoms with Gasteiger partial charge in [-0.3, -0.25) is 0 Å². The van der Waals surface area contributed by atoms with E-state index in [4.69, 9.17) is 11.6 Å². The molecule has 5 nitrogen and oxygen atoms in total. The van der Waals surface area contributed by atoms with E-state index in [1.807, 2.05) is 55.6 Å². The van der Waals surface area contributed by atoms with Crippen LogP contribution in [-0.2, 0) is 0 Å². The number of nitrogens with one attached hydrogen (secondary N) is 2. The molecule has 0 saturated heterocycles. The number of aromatic nitrogens is 2. The first kappa shape index (κ1) is 15.7. The fraction of sp³-hybridized carbons (Fsp3) is 0.158. The van der Waals surface area contributed by atoms with Gasteiger partial charge in [0, 0.05) is 22.8 Å². The number of carbonyl (C=O) groups excluding carboxylic acids is 1. The van der Waals surface area contributed by atoms with E-state index < -0.39 is 0 Å². The number of nitrogens with zero attached hydrogens (tertiary/aromatic N) is 2. The van der Waals surface area contributed by atoms with Crippen molar-refractivity contribution in [2.24, 2.45) is 0 Å². The number of hydrogen-bond donors (Lipinski definition) is 2. The molecular weight excluding hydrogens is 336 g/mol. The third-order valence-corrected chi connectivity index (χ3v) is 4.65. The van der Waals surface area contributed by atoms with Crippen molar-refractivity contribution < 1.29 is 4.79 Å². The molecule has 1 atom stereocenters. The van der Waals surface area contributed by atoms with E-state index in [2.05, 4.69) is 20.2 Å². The summed E-state index contributed by atoms with van der Waals surface area (Å²) >= 11 is 6.16. The number of hydrogen-bond acceptors (Lipinski definition) is 2. The summed E-state index contributed by atoms with van der Waals surface area (Å²) in [5.74, 6) is 0. The molecule has 6 heteroatoms. The number of amides is 2. The maximum absolute atomic E-state index is 12.2. The number of fused-ring (bicyclic) bond motifs is 3. The Balaban J connectivity index is 1.49. The number of benzene rings is 2. The van der Waals surface area contributed by atoms with Crippen molar-refractivity contribution in [2.75, 3.05) is 11.9 Å². The first-order valence-electron chi connectivity index (χ1n) is 8.05. The number of urea groups is 1. The SMILES string of the molecule is Cc1ccc(NC(=O)NCC2c3cc(Cl)ccc3-c3cncn32)cc1. The lowest BCUT2D eigenvalue weighted by Gasteiger charge is -2.16. The molecule has 2 N–H and O–H groups in total. The zero-order valence-corrected chi connectivity index (χ0v) is 14.4. The number of imidazole rings is 1. The molecule has 0 bridgehead atoms. The summed E-state index contributed by atoms with van der Waals surface area (Å²) in [6.07, 6.45) is 3.62. The average molecular weight is 353 g/mol. The number of halogens is 1. The minimum Gasteiger partial charge on any atom is -0.335 e. The molecule has 25 heavy (non-hydrogen) atoms. The third kappa shape index (κ3) is 2.98. The summed E-state index contributed by atoms with van der Waals surface area (Å²) in [6.45, 7) is 2.46. The lowest BCUT2D eigenvalue weighted by molar-refractivity contribution is 0.251. The number of aryl methyl sites for hydroxylation is 1. The second-order valence-electron chi connectivity index (χ2n) is 6.13. The van der Waals surface area contributed by atoms with Gasteiger partial charge >= 0.3 is 6.03 Å². The molecule has 1 aliphatic heterocycles. The summed E-state index contributed by atoms with van der Waals surface area (Å²) in [5.41, 5.74) is 5.16. The van der Waals surface area contributed by atoms with E-state index in [1.165, 1.54) is 0 Å². The first-order chi connectivity index (χ1) is 12.1. The zero-order chi connectivity index (χ0) is 17.4. The van der Waals surface area contributed by atoms with Gasteiger partial charge in [0.25, 0.3) is 0 Å². The minimum absolute atomic E-state index is 0.0185. The number of anilines is 1. The van der Waals surface area contributed by atoms with Gasteiger partial charge in [0.1, 0.15) is 0 Å². The van der Waals surface area contributed by atoms with E-state index in [0.717, 1.165) is 28.1 Å². The summed E-state index contributed by atoms with van der Waals surface area (Å²) in [6, 6.07) is 13.3. The highest BCUT2D eigenvalue weighted by atomic mass is 35.5. The zero-order valence-electron chi connectivity index (χ0n) is 13.7. The number of carbonyl (C=O) groups is 1. The molecule has 126 valence electrons. The molecule has 0 fully saturated rings. The summed E-state index contributed by atoms with van der Waals surface area (Å²) in [4.78, 5) is 16.4. The maximum atomic E-state index is 12.2. The van der Waals surface area contributed by atoms with Gasteiger partial charge in [-0.25, -0.2) is 9.78 Å². The van der Waals surface area contributed by atoms with Gasteiger partial charge in [-0.2, -0.15) is 0 Å². The quantitative estimate of drug-likeness (QED) is 0.740. The Labute approximate surface area is 150 Å². The van der Waals surface area contributed by atoms with Crippen molar-refractivity contribution in [3.05, 3.63) is 71.1 Å². The summed E-state index contributed by atoms with van der Waals surface area (Å²) < 4.78 is 2.06. The highest BCUT2D eigenvalue weighted by molar-refractivity contribution is 6.30. The molecule has 1 unspecified atom stereocenters. The van der Waals surface area contributed by atoms with Crippen molar-refractivity contribution >= 4 is 23.3 Å². The van der Waals surface area contributed by atoms with Crippen LogP contribution in [0, 0.1) is 6.92 Å². The van der Waals surface area contributed by atoms with Crippen molar-refractivity contribution in [1.29, 1.82) is 0 Å². The van der Waals surface area contributed by atoms with Crippen LogP contribution in [0.15, 0.2) is 55.0 Å². The van der Waals surface area contributed by atoms with E-state index in [1.54, 1.807) is 6.33 Å². The van der Waals surface area contributed by atoms with Crippen LogP contribution >= 0.6 is 11.6 Å². The Morgan fingerprint density at radius 1 is 1.24 bits per heavy atom. The van der Waals surface area contributed by atoms with Gasteiger partial charge in [-0.05, 0) is 36.8 Å². The van der Waals surface area contributed by atoms with Gasteiger partial charge in [0.2, 0.25) is 0 Å². The Morgan fingerprint density at radius 3 is 2.84 bits per heavy atom. The van der Waals surface area contributed by atoms with Crippen molar-refractivity contribution in [1.82, 2.24) is 14.9 Å². The fourth-order valence-corrected chi connectivity index (χ4v) is 3.34. The molecule has 0 spiro atoms. The van der Waals surface area contributed by atoms with Crippen molar-refractivity contribution in [3.63, 3.8) is 0 Å². The highest BCUT2D eigenvalue weighted by Gasteiger charge is 2.28. The topological polar surface area (TPSA) is 59.0 Å². The maximum Gasteiger partial charge on any atom is 0.319 e. The Kier molecular flexibility index (Phi) is 3.93. The standard InChI is InChI=1S/C19H17ClN4O/c1-12-2-5-14(6-3-12)23-19(25)22-10-18-16-8-13(20)4-7-15(16)17-9-21-11-24(17)18/h2-9,11,18H,10H2,1H3,(H2,22,23,25). The van der Waals surface area contributed by atoms with Crippen molar-refractivity contribution in [2.45, 2.75) is 13.0 Å². The molecule has 3 aromatic rings. The molecule has 0 aliphatic carbocycles. The van der Waals surface area contributed by atoms with Gasteiger partial charge in [-0.15, -0.1) is 0 Å². The second kappa shape index (κ2) is 6.26. The van der Waals surface area contributed by atoms with Crippen LogP contribution in [-0.4, -0.2) is 22.1 Å². The van der Waals surface area contributed by atoms with Crippen LogP contribution in [0.1, 0.15) is 17.2 Å². The Morgan fingerprint density at radius 2 is 2.04 bits per heavy atom. The van der Waals surface area contributed by atoms with Crippen LogP contribution in [0.2, 0.25) is 5.02 Å². The lowest BCUT2D eigenvalue weighted by atomic mass is 10.0. The normalized spacial score (nSPS) is 14.7. The lowest BCUT2D eigenvalue weighted by Crippen LogP contribution is -2.33. The van der Waals surface area contributed by atoms with Gasteiger partial charge < -0.3 is 15.2 Å². The van der Waals surface area contributed by atoms with Crippen LogP contribution in [0.4, 0.5) is 10.5 Å².